The molecular weight excluding hydrogens is 453 g/mol. The molecule has 0 spiro atoms. The largest absolute Gasteiger partial charge is 0.494 e. The number of guanidine groups is 1. The molecule has 1 aromatic rings. The zero-order valence-corrected chi connectivity index (χ0v) is 18.0. The number of aliphatic imine (C=N–C) groups is 1. The summed E-state index contributed by atoms with van der Waals surface area (Å²) in [7, 11) is -2.89. The van der Waals surface area contributed by atoms with Gasteiger partial charge in [0.05, 0.1) is 18.1 Å². The standard InChI is InChI=1S/C17H27N3O3S.HI/c1-3-18-17(20-15-10-12-24(21,22)13-15)19-11-9-14-7-5-6-8-16(14)23-4-2;/h5-8,15H,3-4,9-13H2,1-2H3,(H2,18,19,20);1H. The minimum Gasteiger partial charge on any atom is -0.494 e. The van der Waals surface area contributed by atoms with Gasteiger partial charge in [-0.05, 0) is 38.3 Å². The van der Waals surface area contributed by atoms with E-state index in [2.05, 4.69) is 15.6 Å². The van der Waals surface area contributed by atoms with Crippen LogP contribution >= 0.6 is 24.0 Å². The molecule has 0 saturated carbocycles. The van der Waals surface area contributed by atoms with Crippen molar-refractivity contribution < 1.29 is 13.2 Å². The highest BCUT2D eigenvalue weighted by Crippen LogP contribution is 2.18. The van der Waals surface area contributed by atoms with Gasteiger partial charge in [0.1, 0.15) is 5.75 Å². The summed E-state index contributed by atoms with van der Waals surface area (Å²) in [5, 5.41) is 6.40. The van der Waals surface area contributed by atoms with E-state index < -0.39 is 9.84 Å². The normalized spacial score (nSPS) is 19.1. The fourth-order valence-electron chi connectivity index (χ4n) is 2.72. The second-order valence-corrected chi connectivity index (χ2v) is 8.02. The van der Waals surface area contributed by atoms with Crippen molar-refractivity contribution in [2.24, 2.45) is 4.99 Å². The number of benzene rings is 1. The Hall–Kier alpha value is -1.03. The molecule has 1 aliphatic rings. The average Bonchev–Trinajstić information content (AvgIpc) is 2.88. The lowest BCUT2D eigenvalue weighted by Gasteiger charge is -2.16. The highest BCUT2D eigenvalue weighted by atomic mass is 127. The molecule has 0 bridgehead atoms. The molecule has 1 aromatic carbocycles. The zero-order chi connectivity index (χ0) is 17.4. The second-order valence-electron chi connectivity index (χ2n) is 5.80. The quantitative estimate of drug-likeness (QED) is 0.354. The van der Waals surface area contributed by atoms with Crippen LogP contribution < -0.4 is 15.4 Å². The fraction of sp³-hybridized carbons (Fsp3) is 0.588. The highest BCUT2D eigenvalue weighted by Gasteiger charge is 2.28. The summed E-state index contributed by atoms with van der Waals surface area (Å²) in [6, 6.07) is 7.92. The van der Waals surface area contributed by atoms with E-state index in [1.807, 2.05) is 38.1 Å². The van der Waals surface area contributed by atoms with E-state index >= 15 is 0 Å². The molecule has 6 nitrogen and oxygen atoms in total. The van der Waals surface area contributed by atoms with Crippen molar-refractivity contribution >= 4 is 39.8 Å². The summed E-state index contributed by atoms with van der Waals surface area (Å²) >= 11 is 0. The summed E-state index contributed by atoms with van der Waals surface area (Å²) in [6.07, 6.45) is 1.41. The Balaban J connectivity index is 0.00000312. The summed E-state index contributed by atoms with van der Waals surface area (Å²) in [5.74, 6) is 2.01. The van der Waals surface area contributed by atoms with Gasteiger partial charge >= 0.3 is 0 Å². The van der Waals surface area contributed by atoms with Crippen molar-refractivity contribution in [3.63, 3.8) is 0 Å². The molecule has 8 heteroatoms. The molecular formula is C17H28IN3O3S. The molecule has 2 rings (SSSR count). The van der Waals surface area contributed by atoms with Crippen LogP contribution in [0.3, 0.4) is 0 Å². The minimum absolute atomic E-state index is 0. The van der Waals surface area contributed by atoms with Crippen molar-refractivity contribution in [1.29, 1.82) is 0 Å². The van der Waals surface area contributed by atoms with Crippen LogP contribution in [-0.4, -0.2) is 51.6 Å². The molecule has 1 unspecified atom stereocenters. The van der Waals surface area contributed by atoms with Crippen LogP contribution in [0.5, 0.6) is 5.75 Å². The van der Waals surface area contributed by atoms with Gasteiger partial charge in [-0.15, -0.1) is 24.0 Å². The lowest BCUT2D eigenvalue weighted by atomic mass is 10.1. The van der Waals surface area contributed by atoms with Gasteiger partial charge < -0.3 is 15.4 Å². The SMILES string of the molecule is CCNC(=NCCc1ccccc1OCC)NC1CCS(=O)(=O)C1.I. The Morgan fingerprint density at radius 3 is 2.72 bits per heavy atom. The summed E-state index contributed by atoms with van der Waals surface area (Å²) in [4.78, 5) is 4.57. The Bertz CT molecular complexity index is 665. The van der Waals surface area contributed by atoms with Crippen LogP contribution in [0.25, 0.3) is 0 Å². The van der Waals surface area contributed by atoms with Gasteiger partial charge in [-0.2, -0.15) is 0 Å². The van der Waals surface area contributed by atoms with Gasteiger partial charge in [0.2, 0.25) is 0 Å². The van der Waals surface area contributed by atoms with E-state index in [0.717, 1.165) is 24.3 Å². The molecule has 1 aliphatic heterocycles. The van der Waals surface area contributed by atoms with Gasteiger partial charge in [0.15, 0.2) is 15.8 Å². The van der Waals surface area contributed by atoms with E-state index in [1.54, 1.807) is 0 Å². The number of rotatable bonds is 7. The number of hydrogen-bond donors (Lipinski definition) is 2. The molecule has 0 radical (unpaired) electrons. The fourth-order valence-corrected chi connectivity index (χ4v) is 4.39. The lowest BCUT2D eigenvalue weighted by Crippen LogP contribution is -2.44. The maximum atomic E-state index is 11.6. The molecule has 1 heterocycles. The Kier molecular flexibility index (Phi) is 9.55. The Morgan fingerprint density at radius 2 is 2.08 bits per heavy atom. The van der Waals surface area contributed by atoms with Gasteiger partial charge in [-0.3, -0.25) is 4.99 Å². The first-order valence-electron chi connectivity index (χ1n) is 8.50. The zero-order valence-electron chi connectivity index (χ0n) is 14.8. The van der Waals surface area contributed by atoms with E-state index in [9.17, 15) is 8.42 Å². The number of nitrogens with one attached hydrogen (secondary N) is 2. The van der Waals surface area contributed by atoms with Crippen LogP contribution in [0, 0.1) is 0 Å². The third-order valence-electron chi connectivity index (χ3n) is 3.84. The monoisotopic (exact) mass is 481 g/mol. The van der Waals surface area contributed by atoms with Crippen molar-refractivity contribution in [2.75, 3.05) is 31.2 Å². The lowest BCUT2D eigenvalue weighted by molar-refractivity contribution is 0.336. The smallest absolute Gasteiger partial charge is 0.191 e. The number of hydrogen-bond acceptors (Lipinski definition) is 4. The van der Waals surface area contributed by atoms with Crippen molar-refractivity contribution in [3.8, 4) is 5.75 Å². The molecule has 0 aromatic heterocycles. The van der Waals surface area contributed by atoms with Crippen LogP contribution in [0.15, 0.2) is 29.3 Å². The summed E-state index contributed by atoms with van der Waals surface area (Å²) in [6.45, 7) is 5.95. The molecule has 25 heavy (non-hydrogen) atoms. The molecule has 1 atom stereocenters. The first-order valence-corrected chi connectivity index (χ1v) is 10.3. The predicted octanol–water partition coefficient (Wildman–Crippen LogP) is 1.99. The van der Waals surface area contributed by atoms with Crippen LogP contribution in [-0.2, 0) is 16.3 Å². The Labute approximate surface area is 167 Å². The van der Waals surface area contributed by atoms with E-state index in [-0.39, 0.29) is 41.5 Å². The maximum Gasteiger partial charge on any atom is 0.191 e. The third-order valence-corrected chi connectivity index (χ3v) is 5.61. The Morgan fingerprint density at radius 1 is 1.32 bits per heavy atom. The molecule has 142 valence electrons. The van der Waals surface area contributed by atoms with Gasteiger partial charge in [-0.25, -0.2) is 8.42 Å². The number of para-hydroxylation sites is 1. The first-order chi connectivity index (χ1) is 11.5. The molecule has 0 amide bonds. The number of halogens is 1. The molecule has 2 N–H and O–H groups in total. The number of nitrogens with zero attached hydrogens (tertiary/aromatic N) is 1. The van der Waals surface area contributed by atoms with Crippen LogP contribution in [0.1, 0.15) is 25.8 Å². The van der Waals surface area contributed by atoms with Crippen LogP contribution in [0.2, 0.25) is 0 Å². The van der Waals surface area contributed by atoms with E-state index in [0.29, 0.717) is 25.5 Å². The predicted molar refractivity (Wildman–Crippen MR) is 113 cm³/mol. The maximum absolute atomic E-state index is 11.6. The molecule has 1 saturated heterocycles. The highest BCUT2D eigenvalue weighted by molar-refractivity contribution is 14.0. The van der Waals surface area contributed by atoms with Crippen molar-refractivity contribution in [1.82, 2.24) is 10.6 Å². The van der Waals surface area contributed by atoms with Gasteiger partial charge in [0, 0.05) is 19.1 Å². The van der Waals surface area contributed by atoms with Crippen molar-refractivity contribution in [3.05, 3.63) is 29.8 Å². The van der Waals surface area contributed by atoms with Gasteiger partial charge in [-0.1, -0.05) is 18.2 Å². The molecule has 1 fully saturated rings. The topological polar surface area (TPSA) is 79.8 Å². The minimum atomic E-state index is -2.89. The van der Waals surface area contributed by atoms with Crippen molar-refractivity contribution in [2.45, 2.75) is 32.7 Å². The average molecular weight is 481 g/mol. The van der Waals surface area contributed by atoms with Gasteiger partial charge in [0.25, 0.3) is 0 Å². The second kappa shape index (κ2) is 10.8. The number of sulfone groups is 1. The summed E-state index contributed by atoms with van der Waals surface area (Å²) in [5.41, 5.74) is 1.13. The molecule has 0 aliphatic carbocycles. The summed E-state index contributed by atoms with van der Waals surface area (Å²) < 4.78 is 28.8. The van der Waals surface area contributed by atoms with E-state index in [4.69, 9.17) is 4.74 Å². The van der Waals surface area contributed by atoms with Crippen LogP contribution in [0.4, 0.5) is 0 Å². The first kappa shape index (κ1) is 22.0. The number of ether oxygens (including phenoxy) is 1. The van der Waals surface area contributed by atoms with E-state index in [1.165, 1.54) is 0 Å². The third kappa shape index (κ3) is 7.39.